The minimum absolute atomic E-state index is 0.355. The largest absolute Gasteiger partial charge is 0.389 e. The molecule has 0 spiro atoms. The molecule has 4 N–H and O–H groups in total. The highest BCUT2D eigenvalue weighted by atomic mass is 32.1. The summed E-state index contributed by atoms with van der Waals surface area (Å²) in [6, 6.07) is 7.25. The fourth-order valence-corrected chi connectivity index (χ4v) is 1.08. The first-order valence-electron chi connectivity index (χ1n) is 3.31. The Balaban J connectivity index is 3.12. The van der Waals surface area contributed by atoms with Gasteiger partial charge in [0.05, 0.1) is 0 Å². The van der Waals surface area contributed by atoms with Crippen LogP contribution in [0.5, 0.6) is 0 Å². The van der Waals surface area contributed by atoms with E-state index in [9.17, 15) is 0 Å². The van der Waals surface area contributed by atoms with E-state index >= 15 is 0 Å². The molecule has 0 aromatic heterocycles. The maximum absolute atomic E-state index is 5.43. The number of hydrogen-bond acceptors (Lipinski definition) is 2. The molecular formula is C8H8N2S2. The molecule has 0 saturated heterocycles. The summed E-state index contributed by atoms with van der Waals surface area (Å²) in [4.78, 5) is 0.709. The van der Waals surface area contributed by atoms with Crippen molar-refractivity contribution < 1.29 is 0 Å². The van der Waals surface area contributed by atoms with E-state index in [0.717, 1.165) is 11.1 Å². The number of hydrogen-bond donors (Lipinski definition) is 2. The van der Waals surface area contributed by atoms with Crippen molar-refractivity contribution >= 4 is 34.4 Å². The number of nitrogens with two attached hydrogens (primary N) is 2. The van der Waals surface area contributed by atoms with Crippen molar-refractivity contribution in [2.45, 2.75) is 0 Å². The molecule has 0 fully saturated rings. The van der Waals surface area contributed by atoms with E-state index in [1.54, 1.807) is 6.07 Å². The topological polar surface area (TPSA) is 52.0 Å². The zero-order valence-electron chi connectivity index (χ0n) is 6.28. The second-order valence-electron chi connectivity index (χ2n) is 2.31. The third-order valence-electron chi connectivity index (χ3n) is 1.43. The van der Waals surface area contributed by atoms with Crippen LogP contribution in [0.3, 0.4) is 0 Å². The average molecular weight is 196 g/mol. The van der Waals surface area contributed by atoms with Gasteiger partial charge in [-0.05, 0) is 6.07 Å². The Bertz CT molecular complexity index is 304. The number of benzene rings is 1. The predicted octanol–water partition coefficient (Wildman–Crippen LogP) is 0.955. The molecule has 0 unspecified atom stereocenters. The Morgan fingerprint density at radius 3 is 1.75 bits per heavy atom. The summed E-state index contributed by atoms with van der Waals surface area (Å²) in [5.41, 5.74) is 12.4. The molecular weight excluding hydrogens is 188 g/mol. The lowest BCUT2D eigenvalue weighted by Crippen LogP contribution is -2.13. The average Bonchev–Trinajstić information content (AvgIpc) is 2.04. The normalized spacial score (nSPS) is 9.33. The molecule has 12 heavy (non-hydrogen) atoms. The first-order valence-corrected chi connectivity index (χ1v) is 4.12. The maximum Gasteiger partial charge on any atom is 0.104 e. The molecule has 1 aromatic carbocycles. The molecule has 1 aromatic rings. The molecule has 0 saturated carbocycles. The summed E-state index contributed by atoms with van der Waals surface area (Å²) in [5, 5.41) is 0. The molecule has 0 aliphatic rings. The molecule has 0 radical (unpaired) electrons. The van der Waals surface area contributed by atoms with Crippen LogP contribution in [0.15, 0.2) is 24.3 Å². The van der Waals surface area contributed by atoms with Crippen molar-refractivity contribution in [3.8, 4) is 0 Å². The molecule has 0 aliphatic heterocycles. The van der Waals surface area contributed by atoms with Crippen LogP contribution < -0.4 is 11.5 Å². The lowest BCUT2D eigenvalue weighted by atomic mass is 10.1. The molecule has 0 heterocycles. The summed E-state index contributed by atoms with van der Waals surface area (Å²) < 4.78 is 0. The molecule has 0 aliphatic carbocycles. The molecule has 62 valence electrons. The van der Waals surface area contributed by atoms with Gasteiger partial charge in [-0.25, -0.2) is 0 Å². The van der Waals surface area contributed by atoms with Crippen LogP contribution >= 0.6 is 24.4 Å². The van der Waals surface area contributed by atoms with Gasteiger partial charge in [-0.2, -0.15) is 0 Å². The molecule has 0 amide bonds. The van der Waals surface area contributed by atoms with Gasteiger partial charge >= 0.3 is 0 Å². The Labute approximate surface area is 81.6 Å². The standard InChI is InChI=1S/C8H8N2S2/c9-7(11)5-2-1-3-6(4-5)8(10)12/h1-4H,(H2,9,11)(H2,10,12). The van der Waals surface area contributed by atoms with Gasteiger partial charge in [0.25, 0.3) is 0 Å². The van der Waals surface area contributed by atoms with E-state index in [-0.39, 0.29) is 0 Å². The van der Waals surface area contributed by atoms with Crippen LogP contribution in [0.25, 0.3) is 0 Å². The second-order valence-corrected chi connectivity index (χ2v) is 3.19. The molecule has 4 heteroatoms. The summed E-state index contributed by atoms with van der Waals surface area (Å²) >= 11 is 9.60. The highest BCUT2D eigenvalue weighted by Crippen LogP contribution is 2.04. The summed E-state index contributed by atoms with van der Waals surface area (Å²) in [5.74, 6) is 0. The fourth-order valence-electron chi connectivity index (χ4n) is 0.826. The van der Waals surface area contributed by atoms with Gasteiger partial charge < -0.3 is 11.5 Å². The van der Waals surface area contributed by atoms with E-state index in [0.29, 0.717) is 9.98 Å². The Kier molecular flexibility index (Phi) is 2.73. The van der Waals surface area contributed by atoms with E-state index in [2.05, 4.69) is 0 Å². The monoisotopic (exact) mass is 196 g/mol. The van der Waals surface area contributed by atoms with E-state index in [4.69, 9.17) is 35.9 Å². The van der Waals surface area contributed by atoms with E-state index in [1.165, 1.54) is 0 Å². The van der Waals surface area contributed by atoms with Crippen LogP contribution in [-0.2, 0) is 0 Å². The van der Waals surface area contributed by atoms with Crippen LogP contribution in [0.2, 0.25) is 0 Å². The van der Waals surface area contributed by atoms with Gasteiger partial charge in [-0.3, -0.25) is 0 Å². The maximum atomic E-state index is 5.43. The Morgan fingerprint density at radius 1 is 1.00 bits per heavy atom. The van der Waals surface area contributed by atoms with Gasteiger partial charge in [-0.1, -0.05) is 42.6 Å². The van der Waals surface area contributed by atoms with Gasteiger partial charge in [0.15, 0.2) is 0 Å². The number of thiocarbonyl (C=S) groups is 2. The minimum atomic E-state index is 0.355. The predicted molar refractivity (Wildman–Crippen MR) is 58.2 cm³/mol. The van der Waals surface area contributed by atoms with Crippen molar-refractivity contribution in [3.63, 3.8) is 0 Å². The van der Waals surface area contributed by atoms with E-state index < -0.39 is 0 Å². The molecule has 2 nitrogen and oxygen atoms in total. The van der Waals surface area contributed by atoms with Gasteiger partial charge in [0.1, 0.15) is 9.98 Å². The van der Waals surface area contributed by atoms with Crippen molar-refractivity contribution in [1.82, 2.24) is 0 Å². The molecule has 0 bridgehead atoms. The third-order valence-corrected chi connectivity index (χ3v) is 1.90. The van der Waals surface area contributed by atoms with Crippen molar-refractivity contribution in [2.75, 3.05) is 0 Å². The lowest BCUT2D eigenvalue weighted by molar-refractivity contribution is 1.58. The third kappa shape index (κ3) is 1.99. The van der Waals surface area contributed by atoms with Crippen LogP contribution in [0, 0.1) is 0 Å². The van der Waals surface area contributed by atoms with E-state index in [1.807, 2.05) is 18.2 Å². The number of rotatable bonds is 2. The Morgan fingerprint density at radius 2 is 1.42 bits per heavy atom. The van der Waals surface area contributed by atoms with Crippen molar-refractivity contribution in [1.29, 1.82) is 0 Å². The van der Waals surface area contributed by atoms with Crippen LogP contribution in [0.4, 0.5) is 0 Å². The minimum Gasteiger partial charge on any atom is -0.389 e. The Hall–Kier alpha value is -1.00. The summed E-state index contributed by atoms with van der Waals surface area (Å²) in [6.07, 6.45) is 0. The highest BCUT2D eigenvalue weighted by molar-refractivity contribution is 7.81. The SMILES string of the molecule is NC(=S)c1cccc(C(N)=S)c1. The fraction of sp³-hybridized carbons (Fsp3) is 0. The first kappa shape index (κ1) is 9.09. The molecule has 1 rings (SSSR count). The quantitative estimate of drug-likeness (QED) is 0.692. The zero-order valence-corrected chi connectivity index (χ0v) is 7.91. The van der Waals surface area contributed by atoms with Crippen LogP contribution in [-0.4, -0.2) is 9.98 Å². The summed E-state index contributed by atoms with van der Waals surface area (Å²) in [7, 11) is 0. The van der Waals surface area contributed by atoms with Gasteiger partial charge in [-0.15, -0.1) is 0 Å². The van der Waals surface area contributed by atoms with Gasteiger partial charge in [0.2, 0.25) is 0 Å². The smallest absolute Gasteiger partial charge is 0.104 e. The zero-order chi connectivity index (χ0) is 9.14. The molecule has 0 atom stereocenters. The van der Waals surface area contributed by atoms with Crippen molar-refractivity contribution in [3.05, 3.63) is 35.4 Å². The summed E-state index contributed by atoms with van der Waals surface area (Å²) in [6.45, 7) is 0. The second kappa shape index (κ2) is 3.60. The van der Waals surface area contributed by atoms with Crippen molar-refractivity contribution in [2.24, 2.45) is 11.5 Å². The first-order chi connectivity index (χ1) is 5.61. The van der Waals surface area contributed by atoms with Crippen LogP contribution in [0.1, 0.15) is 11.1 Å². The lowest BCUT2D eigenvalue weighted by Gasteiger charge is -2.00. The highest BCUT2D eigenvalue weighted by Gasteiger charge is 1.99. The van der Waals surface area contributed by atoms with Gasteiger partial charge in [0, 0.05) is 11.1 Å².